The average Bonchev–Trinajstić information content (AvgIpc) is 2.90. The number of benzene rings is 3. The maximum Gasteiger partial charge on any atom is 0.338 e. The van der Waals surface area contributed by atoms with Gasteiger partial charge in [0.1, 0.15) is 23.7 Å². The summed E-state index contributed by atoms with van der Waals surface area (Å²) >= 11 is 0. The van der Waals surface area contributed by atoms with Crippen LogP contribution in [0.3, 0.4) is 0 Å². The first kappa shape index (κ1) is 25.5. The number of hydrogen-bond acceptors (Lipinski definition) is 7. The van der Waals surface area contributed by atoms with Crippen LogP contribution in [-0.2, 0) is 22.7 Å². The summed E-state index contributed by atoms with van der Waals surface area (Å²) < 4.78 is 21.6. The van der Waals surface area contributed by atoms with E-state index in [9.17, 15) is 14.4 Å². The van der Waals surface area contributed by atoms with Gasteiger partial charge >= 0.3 is 11.6 Å². The zero-order valence-electron chi connectivity index (χ0n) is 20.9. The normalized spacial score (nSPS) is 10.7. The van der Waals surface area contributed by atoms with Crippen LogP contribution < -0.4 is 15.1 Å². The van der Waals surface area contributed by atoms with Crippen LogP contribution in [0, 0.1) is 6.92 Å². The van der Waals surface area contributed by atoms with E-state index >= 15 is 0 Å². The summed E-state index contributed by atoms with van der Waals surface area (Å²) in [5.41, 5.74) is 2.90. The molecule has 0 atom stereocenters. The lowest BCUT2D eigenvalue weighted by Gasteiger charge is -2.18. The van der Waals surface area contributed by atoms with Gasteiger partial charge in [0.05, 0.1) is 12.7 Å². The van der Waals surface area contributed by atoms with E-state index < -0.39 is 11.6 Å². The van der Waals surface area contributed by atoms with Gasteiger partial charge in [0.15, 0.2) is 6.61 Å². The lowest BCUT2D eigenvalue weighted by atomic mass is 10.1. The molecule has 4 aromatic rings. The molecule has 0 N–H and O–H groups in total. The summed E-state index contributed by atoms with van der Waals surface area (Å²) in [5.74, 6) is 0.322. The SMILES string of the molecule is COc1ccccc1CN(C)C(=O)COC(=O)c1ccc(COc2ccc3c(C)cc(=O)oc3c2)cc1. The number of likely N-dealkylation sites (N-methyl/N-ethyl adjacent to an activating group) is 1. The summed E-state index contributed by atoms with van der Waals surface area (Å²) in [4.78, 5) is 38.0. The Morgan fingerprint density at radius 2 is 1.73 bits per heavy atom. The minimum Gasteiger partial charge on any atom is -0.496 e. The molecule has 37 heavy (non-hydrogen) atoms. The van der Waals surface area contributed by atoms with Gasteiger partial charge < -0.3 is 23.5 Å². The molecule has 190 valence electrons. The van der Waals surface area contributed by atoms with Gasteiger partial charge in [0, 0.05) is 36.7 Å². The third kappa shape index (κ3) is 6.35. The van der Waals surface area contributed by atoms with Crippen molar-refractivity contribution in [3.8, 4) is 11.5 Å². The second-order valence-corrected chi connectivity index (χ2v) is 8.53. The summed E-state index contributed by atoms with van der Waals surface area (Å²) in [6.45, 7) is 2.07. The zero-order chi connectivity index (χ0) is 26.4. The van der Waals surface area contributed by atoms with Crippen molar-refractivity contribution in [3.63, 3.8) is 0 Å². The fourth-order valence-corrected chi connectivity index (χ4v) is 3.80. The first-order valence-electron chi connectivity index (χ1n) is 11.6. The van der Waals surface area contributed by atoms with Crippen LogP contribution in [0.2, 0.25) is 0 Å². The van der Waals surface area contributed by atoms with Gasteiger partial charge in [-0.2, -0.15) is 0 Å². The predicted octanol–water partition coefficient (Wildman–Crippen LogP) is 4.50. The lowest BCUT2D eigenvalue weighted by Crippen LogP contribution is -2.31. The Balaban J connectivity index is 1.29. The number of methoxy groups -OCH3 is 1. The molecule has 0 spiro atoms. The lowest BCUT2D eigenvalue weighted by molar-refractivity contribution is -0.133. The van der Waals surface area contributed by atoms with E-state index in [2.05, 4.69) is 0 Å². The summed E-state index contributed by atoms with van der Waals surface area (Å²) in [5, 5.41) is 0.847. The van der Waals surface area contributed by atoms with E-state index in [0.29, 0.717) is 29.2 Å². The first-order valence-corrected chi connectivity index (χ1v) is 11.6. The Morgan fingerprint density at radius 1 is 0.973 bits per heavy atom. The van der Waals surface area contributed by atoms with Crippen molar-refractivity contribution in [2.75, 3.05) is 20.8 Å². The van der Waals surface area contributed by atoms with Crippen LogP contribution in [0.1, 0.15) is 27.0 Å². The highest BCUT2D eigenvalue weighted by molar-refractivity contribution is 5.91. The maximum atomic E-state index is 12.4. The monoisotopic (exact) mass is 501 g/mol. The summed E-state index contributed by atoms with van der Waals surface area (Å²) in [6.07, 6.45) is 0. The Morgan fingerprint density at radius 3 is 2.49 bits per heavy atom. The van der Waals surface area contributed by atoms with Gasteiger partial charge in [0.25, 0.3) is 5.91 Å². The van der Waals surface area contributed by atoms with E-state index in [-0.39, 0.29) is 19.1 Å². The van der Waals surface area contributed by atoms with E-state index in [0.717, 1.165) is 22.1 Å². The van der Waals surface area contributed by atoms with Crippen LogP contribution in [0.25, 0.3) is 11.0 Å². The number of fused-ring (bicyclic) bond motifs is 1. The maximum absolute atomic E-state index is 12.4. The molecule has 4 rings (SSSR count). The van der Waals surface area contributed by atoms with Gasteiger partial charge in [-0.1, -0.05) is 30.3 Å². The Labute approximate surface area is 214 Å². The number of aryl methyl sites for hydroxylation is 1. The predicted molar refractivity (Wildman–Crippen MR) is 138 cm³/mol. The van der Waals surface area contributed by atoms with Gasteiger partial charge in [-0.15, -0.1) is 0 Å². The number of rotatable bonds is 9. The third-order valence-electron chi connectivity index (χ3n) is 5.87. The molecule has 0 saturated carbocycles. The smallest absolute Gasteiger partial charge is 0.338 e. The van der Waals surface area contributed by atoms with Crippen molar-refractivity contribution >= 4 is 22.8 Å². The molecule has 8 heteroatoms. The molecule has 1 heterocycles. The van der Waals surface area contributed by atoms with Crippen molar-refractivity contribution in [2.24, 2.45) is 0 Å². The standard InChI is InChI=1S/C29H27NO7/c1-19-14-28(32)37-26-15-23(12-13-24(19)26)35-17-20-8-10-21(11-9-20)29(33)36-18-27(31)30(2)16-22-6-4-5-7-25(22)34-3/h4-15H,16-18H2,1-3H3. The molecular weight excluding hydrogens is 474 g/mol. The molecule has 1 amide bonds. The average molecular weight is 502 g/mol. The van der Waals surface area contributed by atoms with E-state index in [1.54, 1.807) is 44.5 Å². The number of hydrogen-bond donors (Lipinski definition) is 0. The van der Waals surface area contributed by atoms with E-state index in [1.165, 1.54) is 11.0 Å². The third-order valence-corrected chi connectivity index (χ3v) is 5.87. The van der Waals surface area contributed by atoms with Crippen LogP contribution in [0.15, 0.2) is 82.0 Å². The molecule has 0 saturated heterocycles. The number of esters is 1. The highest BCUT2D eigenvalue weighted by Crippen LogP contribution is 2.23. The minimum absolute atomic E-state index is 0.253. The van der Waals surface area contributed by atoms with Crippen molar-refractivity contribution in [3.05, 3.63) is 105 Å². The molecule has 0 unspecified atom stereocenters. The highest BCUT2D eigenvalue weighted by atomic mass is 16.5. The molecule has 0 radical (unpaired) electrons. The van der Waals surface area contributed by atoms with Crippen LogP contribution in [-0.4, -0.2) is 37.5 Å². The number of carbonyl (C=O) groups excluding carboxylic acids is 2. The number of amides is 1. The minimum atomic E-state index is -0.591. The topological polar surface area (TPSA) is 95.3 Å². The van der Waals surface area contributed by atoms with Gasteiger partial charge in [0.2, 0.25) is 0 Å². The Bertz CT molecular complexity index is 1470. The van der Waals surface area contributed by atoms with Crippen LogP contribution in [0.4, 0.5) is 0 Å². The second kappa shape index (κ2) is 11.4. The van der Waals surface area contributed by atoms with Crippen LogP contribution >= 0.6 is 0 Å². The number of ether oxygens (including phenoxy) is 3. The molecule has 0 bridgehead atoms. The molecule has 1 aromatic heterocycles. The molecule has 0 aliphatic heterocycles. The molecular formula is C29H27NO7. The summed E-state index contributed by atoms with van der Waals surface area (Å²) in [6, 6.07) is 20.9. The van der Waals surface area contributed by atoms with Crippen molar-refractivity contribution in [1.82, 2.24) is 4.90 Å². The van der Waals surface area contributed by atoms with E-state index in [1.807, 2.05) is 43.3 Å². The molecule has 0 aliphatic carbocycles. The van der Waals surface area contributed by atoms with Crippen molar-refractivity contribution in [2.45, 2.75) is 20.1 Å². The Kier molecular flexibility index (Phi) is 7.88. The molecule has 0 aliphatic rings. The highest BCUT2D eigenvalue weighted by Gasteiger charge is 2.15. The summed E-state index contributed by atoms with van der Waals surface area (Å²) in [7, 11) is 3.21. The van der Waals surface area contributed by atoms with Crippen molar-refractivity contribution in [1.29, 1.82) is 0 Å². The van der Waals surface area contributed by atoms with Crippen LogP contribution in [0.5, 0.6) is 11.5 Å². The fourth-order valence-electron chi connectivity index (χ4n) is 3.80. The van der Waals surface area contributed by atoms with Gasteiger partial charge in [-0.25, -0.2) is 9.59 Å². The largest absolute Gasteiger partial charge is 0.496 e. The molecule has 8 nitrogen and oxygen atoms in total. The Hall–Kier alpha value is -4.59. The van der Waals surface area contributed by atoms with Gasteiger partial charge in [-0.05, 0) is 48.4 Å². The fraction of sp³-hybridized carbons (Fsp3) is 0.207. The quantitative estimate of drug-likeness (QED) is 0.246. The number of nitrogens with zero attached hydrogens (tertiary/aromatic N) is 1. The van der Waals surface area contributed by atoms with Gasteiger partial charge in [-0.3, -0.25) is 4.79 Å². The number of para-hydroxylation sites is 1. The van der Waals surface area contributed by atoms with Crippen molar-refractivity contribution < 1.29 is 28.2 Å². The first-order chi connectivity index (χ1) is 17.8. The number of carbonyl (C=O) groups is 2. The van der Waals surface area contributed by atoms with E-state index in [4.69, 9.17) is 18.6 Å². The zero-order valence-corrected chi connectivity index (χ0v) is 20.9. The second-order valence-electron chi connectivity index (χ2n) is 8.53. The molecule has 3 aromatic carbocycles. The molecule has 0 fully saturated rings.